The molecule has 1 aliphatic heterocycles. The van der Waals surface area contributed by atoms with Crippen molar-refractivity contribution in [3.63, 3.8) is 0 Å². The fraction of sp³-hybridized carbons (Fsp3) is 0.444. The molecule has 15 heavy (non-hydrogen) atoms. The molecule has 1 saturated heterocycles. The zero-order valence-corrected chi connectivity index (χ0v) is 9.03. The van der Waals surface area contributed by atoms with Gasteiger partial charge in [0.2, 0.25) is 10.0 Å². The van der Waals surface area contributed by atoms with Gasteiger partial charge in [-0.25, -0.2) is 8.42 Å². The molecule has 5 nitrogen and oxygen atoms in total. The fourth-order valence-electron chi connectivity index (χ4n) is 1.86. The van der Waals surface area contributed by atoms with Crippen LogP contribution >= 0.6 is 0 Å². The van der Waals surface area contributed by atoms with E-state index in [1.165, 1.54) is 19.3 Å². The average molecular weight is 229 g/mol. The molecule has 1 aliphatic carbocycles. The molecule has 0 aromatic carbocycles. The number of hydroxylamine groups is 1. The Bertz CT molecular complexity index is 433. The predicted octanol–water partition coefficient (Wildman–Crippen LogP) is 0.0172. The maximum atomic E-state index is 11.6. The Balaban J connectivity index is 2.43. The van der Waals surface area contributed by atoms with Crippen LogP contribution in [0.25, 0.3) is 0 Å². The zero-order valence-electron chi connectivity index (χ0n) is 8.21. The van der Waals surface area contributed by atoms with Crippen LogP contribution in [0.2, 0.25) is 0 Å². The molecule has 0 unspecified atom stereocenters. The number of allylic oxidation sites excluding steroid dienone is 2. The van der Waals surface area contributed by atoms with E-state index in [0.717, 1.165) is 4.47 Å². The van der Waals surface area contributed by atoms with E-state index in [0.29, 0.717) is 6.42 Å². The first-order valence-corrected chi connectivity index (χ1v) is 6.11. The van der Waals surface area contributed by atoms with E-state index in [9.17, 15) is 13.2 Å². The Morgan fingerprint density at radius 1 is 1.40 bits per heavy atom. The number of carbonyl (C=O) groups excluding carboxylic acids is 1. The first kappa shape index (κ1) is 10.5. The molecule has 2 aliphatic rings. The molecule has 0 atom stereocenters. The van der Waals surface area contributed by atoms with Crippen molar-refractivity contribution in [2.24, 2.45) is 0 Å². The lowest BCUT2D eigenvalue weighted by atomic mass is 9.92. The van der Waals surface area contributed by atoms with Gasteiger partial charge in [0.05, 0.1) is 12.9 Å². The third-order valence-corrected chi connectivity index (χ3v) is 4.31. The number of hydrogen-bond acceptors (Lipinski definition) is 4. The smallest absolute Gasteiger partial charge is 0.237 e. The van der Waals surface area contributed by atoms with Crippen molar-refractivity contribution in [2.45, 2.75) is 12.0 Å². The second-order valence-electron chi connectivity index (χ2n) is 3.54. The Morgan fingerprint density at radius 2 is 2.00 bits per heavy atom. The van der Waals surface area contributed by atoms with Crippen LogP contribution in [-0.2, 0) is 19.7 Å². The zero-order chi connectivity index (χ0) is 11.1. The maximum Gasteiger partial charge on any atom is 0.237 e. The summed E-state index contributed by atoms with van der Waals surface area (Å²) in [6, 6.07) is 0. The lowest BCUT2D eigenvalue weighted by Crippen LogP contribution is -2.42. The summed E-state index contributed by atoms with van der Waals surface area (Å²) in [7, 11) is -2.06. The molecular weight excluding hydrogens is 218 g/mol. The van der Waals surface area contributed by atoms with E-state index in [1.807, 2.05) is 0 Å². The summed E-state index contributed by atoms with van der Waals surface area (Å²) < 4.78 is 24.1. The Labute approximate surface area is 88.0 Å². The van der Waals surface area contributed by atoms with Gasteiger partial charge in [0.1, 0.15) is 5.54 Å². The van der Waals surface area contributed by atoms with E-state index >= 15 is 0 Å². The molecule has 1 spiro atoms. The van der Waals surface area contributed by atoms with Crippen LogP contribution in [0.3, 0.4) is 0 Å². The molecule has 0 aromatic heterocycles. The quantitative estimate of drug-likeness (QED) is 0.635. The lowest BCUT2D eigenvalue weighted by Gasteiger charge is -2.30. The minimum atomic E-state index is -3.37. The number of hydrogen-bond donors (Lipinski definition) is 0. The molecule has 0 saturated carbocycles. The van der Waals surface area contributed by atoms with Gasteiger partial charge >= 0.3 is 0 Å². The minimum Gasteiger partial charge on any atom is -0.290 e. The summed E-state index contributed by atoms with van der Waals surface area (Å²) in [4.78, 5) is 15.9. The molecule has 6 heteroatoms. The molecule has 0 amide bonds. The number of ketones is 1. The lowest BCUT2D eigenvalue weighted by molar-refractivity contribution is -0.111. The highest BCUT2D eigenvalue weighted by molar-refractivity contribution is 7.89. The van der Waals surface area contributed by atoms with Crippen molar-refractivity contribution in [3.8, 4) is 0 Å². The number of rotatable bonds is 1. The molecule has 0 N–H and O–H groups in total. The van der Waals surface area contributed by atoms with Crippen LogP contribution < -0.4 is 0 Å². The van der Waals surface area contributed by atoms with E-state index in [2.05, 4.69) is 0 Å². The standard InChI is InChI=1S/C9H11NO4S/c1-14-10-9(6-7-15(10,12)13)4-2-8(11)3-5-9/h2-5H,6-7H2,1H3. The molecule has 2 rings (SSSR count). The summed E-state index contributed by atoms with van der Waals surface area (Å²) >= 11 is 0. The van der Waals surface area contributed by atoms with E-state index in [1.54, 1.807) is 12.2 Å². The van der Waals surface area contributed by atoms with Gasteiger partial charge < -0.3 is 0 Å². The fourth-order valence-corrected chi connectivity index (χ4v) is 3.57. The van der Waals surface area contributed by atoms with Crippen molar-refractivity contribution in [2.75, 3.05) is 12.9 Å². The molecule has 0 bridgehead atoms. The van der Waals surface area contributed by atoms with Crippen molar-refractivity contribution in [3.05, 3.63) is 24.3 Å². The number of nitrogens with zero attached hydrogens (tertiary/aromatic N) is 1. The predicted molar refractivity (Wildman–Crippen MR) is 53.3 cm³/mol. The topological polar surface area (TPSA) is 63.7 Å². The number of carbonyl (C=O) groups is 1. The highest BCUT2D eigenvalue weighted by Crippen LogP contribution is 2.35. The molecular formula is C9H11NO4S. The van der Waals surface area contributed by atoms with Crippen molar-refractivity contribution in [1.82, 2.24) is 4.47 Å². The minimum absolute atomic E-state index is 0.0315. The Kier molecular flexibility index (Phi) is 2.29. The van der Waals surface area contributed by atoms with Crippen molar-refractivity contribution < 1.29 is 18.0 Å². The van der Waals surface area contributed by atoms with E-state index in [-0.39, 0.29) is 11.5 Å². The van der Waals surface area contributed by atoms with E-state index < -0.39 is 15.6 Å². The molecule has 0 radical (unpaired) electrons. The SMILES string of the molecule is CON1C2(C=CC(=O)C=C2)CCS1(=O)=O. The van der Waals surface area contributed by atoms with Gasteiger partial charge in [0.25, 0.3) is 0 Å². The largest absolute Gasteiger partial charge is 0.290 e. The van der Waals surface area contributed by atoms with Gasteiger partial charge in [-0.05, 0) is 18.6 Å². The second kappa shape index (κ2) is 3.26. The van der Waals surface area contributed by atoms with Crippen LogP contribution in [0.15, 0.2) is 24.3 Å². The van der Waals surface area contributed by atoms with Crippen LogP contribution in [0.5, 0.6) is 0 Å². The third-order valence-electron chi connectivity index (χ3n) is 2.59. The number of sulfonamides is 1. The molecule has 0 aromatic rings. The van der Waals surface area contributed by atoms with Crippen LogP contribution in [0.4, 0.5) is 0 Å². The summed E-state index contributed by atoms with van der Waals surface area (Å²) in [5, 5.41) is 0. The third kappa shape index (κ3) is 1.54. The average Bonchev–Trinajstić information content (AvgIpc) is 2.44. The van der Waals surface area contributed by atoms with Crippen LogP contribution in [0, 0.1) is 0 Å². The van der Waals surface area contributed by atoms with Crippen LogP contribution in [0.1, 0.15) is 6.42 Å². The summed E-state index contributed by atoms with van der Waals surface area (Å²) in [5.41, 5.74) is -0.804. The monoisotopic (exact) mass is 229 g/mol. The Morgan fingerprint density at radius 3 is 2.53 bits per heavy atom. The molecule has 82 valence electrons. The van der Waals surface area contributed by atoms with Crippen molar-refractivity contribution >= 4 is 15.8 Å². The maximum absolute atomic E-state index is 11.6. The Hall–Kier alpha value is -0.980. The first-order chi connectivity index (χ1) is 7.00. The van der Waals surface area contributed by atoms with Crippen LogP contribution in [-0.4, -0.2) is 37.1 Å². The van der Waals surface area contributed by atoms with E-state index in [4.69, 9.17) is 4.84 Å². The normalized spacial score (nSPS) is 27.7. The van der Waals surface area contributed by atoms with Gasteiger partial charge in [-0.3, -0.25) is 9.63 Å². The van der Waals surface area contributed by atoms with Gasteiger partial charge in [0.15, 0.2) is 5.78 Å². The van der Waals surface area contributed by atoms with Gasteiger partial charge in [-0.1, -0.05) is 16.6 Å². The highest BCUT2D eigenvalue weighted by Gasteiger charge is 2.48. The molecule has 1 fully saturated rings. The molecule has 1 heterocycles. The summed E-state index contributed by atoms with van der Waals surface area (Å²) in [6.45, 7) is 0. The van der Waals surface area contributed by atoms with Crippen molar-refractivity contribution in [1.29, 1.82) is 0 Å². The first-order valence-electron chi connectivity index (χ1n) is 4.50. The highest BCUT2D eigenvalue weighted by atomic mass is 32.2. The van der Waals surface area contributed by atoms with Gasteiger partial charge in [-0.2, -0.15) is 0 Å². The summed E-state index contributed by atoms with van der Waals surface area (Å²) in [5.74, 6) is -0.107. The van der Waals surface area contributed by atoms with Gasteiger partial charge in [-0.15, -0.1) is 0 Å². The van der Waals surface area contributed by atoms with Gasteiger partial charge in [0, 0.05) is 0 Å². The second-order valence-corrected chi connectivity index (χ2v) is 5.44. The summed E-state index contributed by atoms with van der Waals surface area (Å²) in [6.07, 6.45) is 6.29.